The molecule has 1 aromatic rings. The van der Waals surface area contributed by atoms with Crippen LogP contribution in [0.15, 0.2) is 18.2 Å². The first-order chi connectivity index (χ1) is 9.54. The Bertz CT molecular complexity index is 484. The molecular weight excluding hydrogens is 254 g/mol. The second-order valence-electron chi connectivity index (χ2n) is 5.39. The van der Waals surface area contributed by atoms with Crippen LogP contribution in [-0.4, -0.2) is 51.2 Å². The molecule has 20 heavy (non-hydrogen) atoms. The number of benzene rings is 1. The number of amides is 1. The molecule has 0 aliphatic heterocycles. The lowest BCUT2D eigenvalue weighted by Crippen LogP contribution is -2.30. The number of hydrogen-bond acceptors (Lipinski definition) is 4. The summed E-state index contributed by atoms with van der Waals surface area (Å²) in [6.07, 6.45) is 2.35. The molecule has 0 saturated heterocycles. The molecule has 0 spiro atoms. The van der Waals surface area contributed by atoms with Crippen molar-refractivity contribution in [2.24, 2.45) is 0 Å². The van der Waals surface area contributed by atoms with Gasteiger partial charge in [0.1, 0.15) is 0 Å². The number of rotatable bonds is 6. The predicted octanol–water partition coefficient (Wildman–Crippen LogP) is 1.59. The minimum absolute atomic E-state index is 0.00580. The molecule has 1 aliphatic carbocycles. The number of methoxy groups -OCH3 is 1. The van der Waals surface area contributed by atoms with E-state index in [0.29, 0.717) is 23.9 Å². The van der Waals surface area contributed by atoms with Gasteiger partial charge in [0.15, 0.2) is 0 Å². The normalized spacial score (nSPS) is 14.2. The van der Waals surface area contributed by atoms with Crippen molar-refractivity contribution in [3.8, 4) is 0 Å². The third kappa shape index (κ3) is 3.22. The molecular formula is C15H23N3O2. The largest absolute Gasteiger partial charge is 0.397 e. The zero-order valence-corrected chi connectivity index (χ0v) is 12.4. The summed E-state index contributed by atoms with van der Waals surface area (Å²) < 4.78 is 5.17. The molecule has 1 amide bonds. The van der Waals surface area contributed by atoms with Crippen molar-refractivity contribution in [3.05, 3.63) is 23.8 Å². The van der Waals surface area contributed by atoms with Crippen LogP contribution in [0.4, 0.5) is 11.4 Å². The van der Waals surface area contributed by atoms with Crippen molar-refractivity contribution in [2.45, 2.75) is 18.9 Å². The standard InChI is InChI=1S/C15H23N3O2/c1-17(2)15(19)11-4-7-13(16)14(10-11)18(8-9-20-3)12-5-6-12/h4,7,10,12H,5-6,8-9,16H2,1-3H3. The van der Waals surface area contributed by atoms with E-state index in [-0.39, 0.29) is 5.91 Å². The van der Waals surface area contributed by atoms with Crippen LogP contribution in [0.5, 0.6) is 0 Å². The maximum atomic E-state index is 12.1. The van der Waals surface area contributed by atoms with Gasteiger partial charge in [-0.1, -0.05) is 0 Å². The van der Waals surface area contributed by atoms with Crippen molar-refractivity contribution in [1.29, 1.82) is 0 Å². The van der Waals surface area contributed by atoms with Crippen molar-refractivity contribution in [3.63, 3.8) is 0 Å². The molecule has 1 aromatic carbocycles. The number of nitrogens with zero attached hydrogens (tertiary/aromatic N) is 2. The van der Waals surface area contributed by atoms with E-state index >= 15 is 0 Å². The van der Waals surface area contributed by atoms with Gasteiger partial charge in [0.2, 0.25) is 0 Å². The van der Waals surface area contributed by atoms with Gasteiger partial charge in [-0.25, -0.2) is 0 Å². The molecule has 110 valence electrons. The molecule has 0 radical (unpaired) electrons. The molecule has 1 fully saturated rings. The molecule has 0 heterocycles. The molecule has 1 aliphatic rings. The van der Waals surface area contributed by atoms with Gasteiger partial charge in [-0.05, 0) is 31.0 Å². The lowest BCUT2D eigenvalue weighted by Gasteiger charge is -2.26. The average Bonchev–Trinajstić information content (AvgIpc) is 3.24. The summed E-state index contributed by atoms with van der Waals surface area (Å²) in [7, 11) is 5.20. The summed E-state index contributed by atoms with van der Waals surface area (Å²) in [5, 5.41) is 0. The third-order valence-electron chi connectivity index (χ3n) is 3.52. The molecule has 5 nitrogen and oxygen atoms in total. The van der Waals surface area contributed by atoms with E-state index in [0.717, 1.165) is 12.2 Å². The zero-order valence-electron chi connectivity index (χ0n) is 12.4. The smallest absolute Gasteiger partial charge is 0.253 e. The fraction of sp³-hybridized carbons (Fsp3) is 0.533. The summed E-state index contributed by atoms with van der Waals surface area (Å²) in [5.74, 6) is -0.00580. The Labute approximate surface area is 120 Å². The van der Waals surface area contributed by atoms with Crippen molar-refractivity contribution < 1.29 is 9.53 Å². The summed E-state index contributed by atoms with van der Waals surface area (Å²) >= 11 is 0. The fourth-order valence-corrected chi connectivity index (χ4v) is 2.26. The van der Waals surface area contributed by atoms with Gasteiger partial charge in [-0.2, -0.15) is 0 Å². The molecule has 2 N–H and O–H groups in total. The Morgan fingerprint density at radius 2 is 2.10 bits per heavy atom. The number of anilines is 2. The number of nitrogens with two attached hydrogens (primary N) is 1. The first kappa shape index (κ1) is 14.7. The SMILES string of the molecule is COCCN(c1cc(C(=O)N(C)C)ccc1N)C1CC1. The Hall–Kier alpha value is -1.75. The van der Waals surface area contributed by atoms with Crippen molar-refractivity contribution in [1.82, 2.24) is 4.90 Å². The lowest BCUT2D eigenvalue weighted by molar-refractivity contribution is 0.0827. The quantitative estimate of drug-likeness (QED) is 0.802. The van der Waals surface area contributed by atoms with E-state index in [1.807, 2.05) is 12.1 Å². The number of carbonyl (C=O) groups excluding carboxylic acids is 1. The van der Waals surface area contributed by atoms with Crippen LogP contribution >= 0.6 is 0 Å². The van der Waals surface area contributed by atoms with Gasteiger partial charge in [-0.15, -0.1) is 0 Å². The van der Waals surface area contributed by atoms with Crippen LogP contribution in [0.1, 0.15) is 23.2 Å². The summed E-state index contributed by atoms with van der Waals surface area (Å²) in [4.78, 5) is 15.9. The van der Waals surface area contributed by atoms with E-state index in [1.165, 1.54) is 12.8 Å². The van der Waals surface area contributed by atoms with Crippen molar-refractivity contribution in [2.75, 3.05) is 45.0 Å². The molecule has 0 unspecified atom stereocenters. The maximum absolute atomic E-state index is 12.1. The van der Waals surface area contributed by atoms with Crippen LogP contribution in [-0.2, 0) is 4.74 Å². The minimum Gasteiger partial charge on any atom is -0.397 e. The maximum Gasteiger partial charge on any atom is 0.253 e. The van der Waals surface area contributed by atoms with Crippen LogP contribution in [0, 0.1) is 0 Å². The zero-order chi connectivity index (χ0) is 14.7. The Morgan fingerprint density at radius 3 is 2.65 bits per heavy atom. The summed E-state index contributed by atoms with van der Waals surface area (Å²) in [5.41, 5.74) is 8.42. The average molecular weight is 277 g/mol. The Kier molecular flexibility index (Phi) is 4.49. The third-order valence-corrected chi connectivity index (χ3v) is 3.52. The lowest BCUT2D eigenvalue weighted by atomic mass is 10.1. The minimum atomic E-state index is -0.00580. The summed E-state index contributed by atoms with van der Waals surface area (Å²) in [6, 6.07) is 6.01. The van der Waals surface area contributed by atoms with Crippen molar-refractivity contribution >= 4 is 17.3 Å². The Morgan fingerprint density at radius 1 is 1.40 bits per heavy atom. The van der Waals surface area contributed by atoms with E-state index in [4.69, 9.17) is 10.5 Å². The number of ether oxygens (including phenoxy) is 1. The highest BCUT2D eigenvalue weighted by atomic mass is 16.5. The molecule has 2 rings (SSSR count). The molecule has 0 atom stereocenters. The van der Waals surface area contributed by atoms with Crippen LogP contribution < -0.4 is 10.6 Å². The topological polar surface area (TPSA) is 58.8 Å². The highest BCUT2D eigenvalue weighted by Gasteiger charge is 2.30. The summed E-state index contributed by atoms with van der Waals surface area (Å²) in [6.45, 7) is 1.45. The van der Waals surface area contributed by atoms with Gasteiger partial charge in [0.05, 0.1) is 18.0 Å². The number of nitrogen functional groups attached to an aromatic ring is 1. The fourth-order valence-electron chi connectivity index (χ4n) is 2.26. The van der Waals surface area contributed by atoms with Gasteiger partial charge in [0, 0.05) is 39.4 Å². The second-order valence-corrected chi connectivity index (χ2v) is 5.39. The van der Waals surface area contributed by atoms with Crippen LogP contribution in [0.3, 0.4) is 0 Å². The van der Waals surface area contributed by atoms with E-state index < -0.39 is 0 Å². The highest BCUT2D eigenvalue weighted by molar-refractivity contribution is 5.96. The molecule has 1 saturated carbocycles. The highest BCUT2D eigenvalue weighted by Crippen LogP contribution is 2.35. The number of carbonyl (C=O) groups is 1. The Balaban J connectivity index is 2.28. The van der Waals surface area contributed by atoms with Gasteiger partial charge in [-0.3, -0.25) is 4.79 Å². The van der Waals surface area contributed by atoms with Gasteiger partial charge in [0.25, 0.3) is 5.91 Å². The molecule has 5 heteroatoms. The second kappa shape index (κ2) is 6.13. The van der Waals surface area contributed by atoms with Crippen LogP contribution in [0.2, 0.25) is 0 Å². The number of hydrogen-bond donors (Lipinski definition) is 1. The first-order valence-corrected chi connectivity index (χ1v) is 6.91. The van der Waals surface area contributed by atoms with E-state index in [1.54, 1.807) is 32.2 Å². The van der Waals surface area contributed by atoms with Crippen LogP contribution in [0.25, 0.3) is 0 Å². The monoisotopic (exact) mass is 277 g/mol. The first-order valence-electron chi connectivity index (χ1n) is 6.91. The predicted molar refractivity (Wildman–Crippen MR) is 81.1 cm³/mol. The molecule has 0 bridgehead atoms. The molecule has 0 aromatic heterocycles. The van der Waals surface area contributed by atoms with E-state index in [9.17, 15) is 4.79 Å². The van der Waals surface area contributed by atoms with Gasteiger partial charge >= 0.3 is 0 Å². The van der Waals surface area contributed by atoms with E-state index in [2.05, 4.69) is 4.90 Å². The van der Waals surface area contributed by atoms with Gasteiger partial charge < -0.3 is 20.3 Å².